The fourth-order valence-corrected chi connectivity index (χ4v) is 1.90. The lowest BCUT2D eigenvalue weighted by atomic mass is 10.0. The summed E-state index contributed by atoms with van der Waals surface area (Å²) in [5.74, 6) is 0.688. The summed E-state index contributed by atoms with van der Waals surface area (Å²) in [5, 5.41) is 14.3. The van der Waals surface area contributed by atoms with Gasteiger partial charge in [-0.15, -0.1) is 0 Å². The van der Waals surface area contributed by atoms with Gasteiger partial charge < -0.3 is 20.9 Å². The predicted octanol–water partition coefficient (Wildman–Crippen LogP) is 1.41. The van der Waals surface area contributed by atoms with Crippen LogP contribution in [0.2, 0.25) is 0 Å². The van der Waals surface area contributed by atoms with Gasteiger partial charge in [-0.3, -0.25) is 0 Å². The molecule has 4 N–H and O–H groups in total. The van der Waals surface area contributed by atoms with E-state index >= 15 is 0 Å². The number of nitrogens with one attached hydrogen (secondary N) is 1. The number of rotatable bonds is 6. The zero-order valence-electron chi connectivity index (χ0n) is 11.8. The Morgan fingerprint density at radius 3 is 2.95 bits per heavy atom. The molecule has 1 aromatic carbocycles. The average Bonchev–Trinajstić information content (AvgIpc) is 2.42. The first-order chi connectivity index (χ1) is 9.52. The molecular formula is C14H20N4O2. The van der Waals surface area contributed by atoms with Crippen LogP contribution in [0.15, 0.2) is 24.5 Å². The van der Waals surface area contributed by atoms with Crippen LogP contribution in [0.5, 0.6) is 0 Å². The topological polar surface area (TPSA) is 93.3 Å². The largest absolute Gasteiger partial charge is 0.399 e. The molecule has 1 heterocycles. The lowest BCUT2D eigenvalue weighted by Crippen LogP contribution is -2.34. The normalized spacial score (nSPS) is 14.2. The Bertz CT molecular complexity index is 586. The molecule has 0 aliphatic carbocycles. The van der Waals surface area contributed by atoms with Crippen LogP contribution in [0, 0.1) is 0 Å². The number of hydrogen-bond acceptors (Lipinski definition) is 6. The van der Waals surface area contributed by atoms with Crippen LogP contribution in [0.4, 0.5) is 11.5 Å². The van der Waals surface area contributed by atoms with Crippen molar-refractivity contribution in [2.24, 2.45) is 0 Å². The minimum absolute atomic E-state index is 0.382. The minimum atomic E-state index is -0.860. The van der Waals surface area contributed by atoms with Crippen molar-refractivity contribution in [3.63, 3.8) is 0 Å². The fourth-order valence-electron chi connectivity index (χ4n) is 1.90. The highest BCUT2D eigenvalue weighted by Crippen LogP contribution is 2.22. The molecule has 0 bridgehead atoms. The van der Waals surface area contributed by atoms with Gasteiger partial charge in [-0.25, -0.2) is 9.97 Å². The summed E-state index contributed by atoms with van der Waals surface area (Å²) >= 11 is 0. The highest BCUT2D eigenvalue weighted by molar-refractivity contribution is 5.90. The van der Waals surface area contributed by atoms with E-state index in [1.165, 1.54) is 6.33 Å². The summed E-state index contributed by atoms with van der Waals surface area (Å²) in [6, 6.07) is 5.47. The molecule has 1 aromatic heterocycles. The lowest BCUT2D eigenvalue weighted by Gasteiger charge is -2.23. The van der Waals surface area contributed by atoms with Crippen molar-refractivity contribution in [1.82, 2.24) is 9.97 Å². The second kappa shape index (κ2) is 6.02. The smallest absolute Gasteiger partial charge is 0.137 e. The van der Waals surface area contributed by atoms with E-state index in [0.717, 1.165) is 10.9 Å². The number of ether oxygens (including phenoxy) is 1. The third kappa shape index (κ3) is 3.55. The monoisotopic (exact) mass is 276 g/mol. The van der Waals surface area contributed by atoms with Crippen LogP contribution in [0.3, 0.4) is 0 Å². The number of anilines is 2. The molecule has 0 aliphatic heterocycles. The number of fused-ring (bicyclic) bond motifs is 1. The molecule has 0 radical (unpaired) electrons. The number of benzene rings is 1. The van der Waals surface area contributed by atoms with E-state index in [1.54, 1.807) is 26.2 Å². The number of nitrogens with zero attached hydrogens (tertiary/aromatic N) is 2. The molecule has 2 aromatic rings. The predicted molar refractivity (Wildman–Crippen MR) is 79.6 cm³/mol. The van der Waals surface area contributed by atoms with Gasteiger partial charge in [0.25, 0.3) is 0 Å². The van der Waals surface area contributed by atoms with Crippen molar-refractivity contribution in [2.45, 2.75) is 18.9 Å². The van der Waals surface area contributed by atoms with Gasteiger partial charge in [-0.05, 0) is 25.1 Å². The maximum absolute atomic E-state index is 10.2. The van der Waals surface area contributed by atoms with E-state index in [1.807, 2.05) is 6.07 Å². The van der Waals surface area contributed by atoms with E-state index in [4.69, 9.17) is 10.5 Å². The molecule has 0 saturated heterocycles. The number of aromatic nitrogens is 2. The zero-order chi connectivity index (χ0) is 14.6. The van der Waals surface area contributed by atoms with Crippen LogP contribution in [0.1, 0.15) is 13.3 Å². The molecule has 0 fully saturated rings. The van der Waals surface area contributed by atoms with Crippen LogP contribution >= 0.6 is 0 Å². The average molecular weight is 276 g/mol. The Morgan fingerprint density at radius 2 is 2.20 bits per heavy atom. The second-order valence-corrected chi connectivity index (χ2v) is 5.09. The van der Waals surface area contributed by atoms with Crippen molar-refractivity contribution < 1.29 is 9.84 Å². The molecule has 1 unspecified atom stereocenters. The Balaban J connectivity index is 2.14. The maximum atomic E-state index is 10.2. The lowest BCUT2D eigenvalue weighted by molar-refractivity contribution is 0.0357. The first-order valence-electron chi connectivity index (χ1n) is 6.47. The second-order valence-electron chi connectivity index (χ2n) is 5.09. The highest BCUT2D eigenvalue weighted by Gasteiger charge is 2.20. The number of aliphatic hydroxyl groups is 1. The van der Waals surface area contributed by atoms with Crippen molar-refractivity contribution in [3.8, 4) is 0 Å². The minimum Gasteiger partial charge on any atom is -0.399 e. The van der Waals surface area contributed by atoms with Crippen LogP contribution < -0.4 is 11.1 Å². The van der Waals surface area contributed by atoms with E-state index in [0.29, 0.717) is 31.1 Å². The molecule has 6 nitrogen and oxygen atoms in total. The molecular weight excluding hydrogens is 256 g/mol. The van der Waals surface area contributed by atoms with Gasteiger partial charge in [0.1, 0.15) is 12.1 Å². The summed E-state index contributed by atoms with van der Waals surface area (Å²) in [7, 11) is 1.62. The molecule has 0 amide bonds. The van der Waals surface area contributed by atoms with E-state index in [-0.39, 0.29) is 0 Å². The molecule has 0 saturated carbocycles. The standard InChI is InChI=1S/C14H20N4O2/c1-14(19,5-6-20-2)8-16-13-11-4-3-10(15)7-12(11)17-9-18-13/h3-4,7,9,19H,5-6,8,15H2,1-2H3,(H,16,17,18). The van der Waals surface area contributed by atoms with E-state index in [9.17, 15) is 5.11 Å². The van der Waals surface area contributed by atoms with Crippen LogP contribution in [-0.4, -0.2) is 40.9 Å². The Labute approximate surface area is 118 Å². The number of nitrogens with two attached hydrogens (primary N) is 1. The highest BCUT2D eigenvalue weighted by atomic mass is 16.5. The van der Waals surface area contributed by atoms with Gasteiger partial charge in [0.15, 0.2) is 0 Å². The van der Waals surface area contributed by atoms with Crippen molar-refractivity contribution in [1.29, 1.82) is 0 Å². The van der Waals surface area contributed by atoms with Gasteiger partial charge in [-0.2, -0.15) is 0 Å². The molecule has 6 heteroatoms. The fraction of sp³-hybridized carbons (Fsp3) is 0.429. The third-order valence-corrected chi connectivity index (χ3v) is 3.14. The van der Waals surface area contributed by atoms with Crippen LogP contribution in [-0.2, 0) is 4.74 Å². The van der Waals surface area contributed by atoms with Gasteiger partial charge in [0.05, 0.1) is 11.1 Å². The first-order valence-corrected chi connectivity index (χ1v) is 6.47. The van der Waals surface area contributed by atoms with Crippen molar-refractivity contribution >= 4 is 22.4 Å². The Kier molecular flexibility index (Phi) is 4.36. The molecule has 1 atom stereocenters. The summed E-state index contributed by atoms with van der Waals surface area (Å²) in [5.41, 5.74) is 6.32. The summed E-state index contributed by atoms with van der Waals surface area (Å²) < 4.78 is 4.99. The number of methoxy groups -OCH3 is 1. The van der Waals surface area contributed by atoms with Gasteiger partial charge in [0, 0.05) is 37.8 Å². The summed E-state index contributed by atoms with van der Waals surface area (Å²) in [4.78, 5) is 8.40. The molecule has 2 rings (SSSR count). The van der Waals surface area contributed by atoms with Gasteiger partial charge >= 0.3 is 0 Å². The van der Waals surface area contributed by atoms with Gasteiger partial charge in [-0.1, -0.05) is 0 Å². The quantitative estimate of drug-likeness (QED) is 0.691. The van der Waals surface area contributed by atoms with Crippen molar-refractivity contribution in [2.75, 3.05) is 31.3 Å². The third-order valence-electron chi connectivity index (χ3n) is 3.14. The van der Waals surface area contributed by atoms with Gasteiger partial charge in [0.2, 0.25) is 0 Å². The van der Waals surface area contributed by atoms with Crippen LogP contribution in [0.25, 0.3) is 10.9 Å². The number of hydrogen-bond donors (Lipinski definition) is 3. The van der Waals surface area contributed by atoms with E-state index in [2.05, 4.69) is 15.3 Å². The van der Waals surface area contributed by atoms with Crippen molar-refractivity contribution in [3.05, 3.63) is 24.5 Å². The Hall–Kier alpha value is -1.92. The number of nitrogen functional groups attached to an aromatic ring is 1. The summed E-state index contributed by atoms with van der Waals surface area (Å²) in [6.07, 6.45) is 2.03. The molecule has 0 spiro atoms. The maximum Gasteiger partial charge on any atom is 0.137 e. The zero-order valence-corrected chi connectivity index (χ0v) is 11.8. The molecule has 0 aliphatic rings. The summed E-state index contributed by atoms with van der Waals surface area (Å²) in [6.45, 7) is 2.66. The molecule has 20 heavy (non-hydrogen) atoms. The first kappa shape index (κ1) is 14.5. The van der Waals surface area contributed by atoms with E-state index < -0.39 is 5.60 Å². The SMILES string of the molecule is COCCC(C)(O)CNc1ncnc2cc(N)ccc12. The molecule has 108 valence electrons. The Morgan fingerprint density at radius 1 is 1.40 bits per heavy atom.